The van der Waals surface area contributed by atoms with Crippen LogP contribution in [0.15, 0.2) is 23.1 Å². The summed E-state index contributed by atoms with van der Waals surface area (Å²) < 4.78 is 11.5. The van der Waals surface area contributed by atoms with Gasteiger partial charge < -0.3 is 14.8 Å². The van der Waals surface area contributed by atoms with Crippen molar-refractivity contribution in [2.75, 3.05) is 26.0 Å². The molecule has 1 aliphatic heterocycles. The largest absolute Gasteiger partial charge is 0.490 e. The van der Waals surface area contributed by atoms with Crippen LogP contribution in [0.5, 0.6) is 11.5 Å². The number of hydrogen-bond acceptors (Lipinski definition) is 4. The van der Waals surface area contributed by atoms with Gasteiger partial charge in [-0.15, -0.1) is 11.8 Å². The van der Waals surface area contributed by atoms with Crippen LogP contribution in [0.1, 0.15) is 32.1 Å². The second-order valence-corrected chi connectivity index (χ2v) is 7.00. The van der Waals surface area contributed by atoms with Gasteiger partial charge >= 0.3 is 0 Å². The van der Waals surface area contributed by atoms with Gasteiger partial charge in [-0.3, -0.25) is 0 Å². The number of rotatable bonds is 5. The first-order valence-corrected chi connectivity index (χ1v) is 9.05. The fourth-order valence-electron chi connectivity index (χ4n) is 3.23. The number of fused-ring (bicyclic) bond motifs is 1. The Hall–Kier alpha value is -0.870. The van der Waals surface area contributed by atoms with Crippen molar-refractivity contribution < 1.29 is 9.47 Å². The molecule has 1 saturated carbocycles. The molecule has 21 heavy (non-hydrogen) atoms. The van der Waals surface area contributed by atoms with Gasteiger partial charge in [0.2, 0.25) is 0 Å². The van der Waals surface area contributed by atoms with E-state index in [2.05, 4.69) is 24.5 Å². The van der Waals surface area contributed by atoms with Crippen molar-refractivity contribution in [3.8, 4) is 11.5 Å². The van der Waals surface area contributed by atoms with E-state index in [1.807, 2.05) is 17.8 Å². The maximum absolute atomic E-state index is 5.77. The van der Waals surface area contributed by atoms with Crippen LogP contribution in [-0.4, -0.2) is 32.1 Å². The normalized spacial score (nSPS) is 20.2. The molecule has 1 aromatic carbocycles. The fourth-order valence-corrected chi connectivity index (χ4v) is 4.40. The molecule has 2 aliphatic rings. The van der Waals surface area contributed by atoms with Crippen molar-refractivity contribution in [1.29, 1.82) is 0 Å². The highest BCUT2D eigenvalue weighted by molar-refractivity contribution is 7.99. The molecule has 0 spiro atoms. The van der Waals surface area contributed by atoms with Gasteiger partial charge in [0.1, 0.15) is 0 Å². The standard InChI is InChI=1S/C17H25NO2S/c1-18-15(13-5-2-3-6-13)12-21-14-7-8-16-17(11-14)20-10-4-9-19-16/h7-8,11,13,15,18H,2-6,9-10,12H2,1H3. The zero-order valence-corrected chi connectivity index (χ0v) is 13.6. The first kappa shape index (κ1) is 15.0. The van der Waals surface area contributed by atoms with E-state index < -0.39 is 0 Å². The van der Waals surface area contributed by atoms with E-state index >= 15 is 0 Å². The third-order valence-electron chi connectivity index (χ3n) is 4.49. The predicted octanol–water partition coefficient (Wildman–Crippen LogP) is 3.72. The predicted molar refractivity (Wildman–Crippen MR) is 87.6 cm³/mol. The molecule has 0 saturated heterocycles. The highest BCUT2D eigenvalue weighted by Gasteiger charge is 2.23. The zero-order valence-electron chi connectivity index (χ0n) is 12.8. The molecule has 1 heterocycles. The summed E-state index contributed by atoms with van der Waals surface area (Å²) in [6.45, 7) is 1.51. The lowest BCUT2D eigenvalue weighted by Crippen LogP contribution is -2.34. The lowest BCUT2D eigenvalue weighted by molar-refractivity contribution is 0.297. The van der Waals surface area contributed by atoms with E-state index in [-0.39, 0.29) is 0 Å². The highest BCUT2D eigenvalue weighted by atomic mass is 32.2. The molecule has 1 fully saturated rings. The summed E-state index contributed by atoms with van der Waals surface area (Å²) in [6, 6.07) is 6.95. The molecule has 4 heteroatoms. The summed E-state index contributed by atoms with van der Waals surface area (Å²) in [5.41, 5.74) is 0. The van der Waals surface area contributed by atoms with Crippen LogP contribution < -0.4 is 14.8 Å². The van der Waals surface area contributed by atoms with Crippen LogP contribution in [0.2, 0.25) is 0 Å². The molecule has 1 aromatic rings. The second-order valence-electron chi connectivity index (χ2n) is 5.91. The Balaban J connectivity index is 1.60. The average Bonchev–Trinajstić information content (AvgIpc) is 2.93. The number of benzene rings is 1. The van der Waals surface area contributed by atoms with Gasteiger partial charge in [-0.2, -0.15) is 0 Å². The summed E-state index contributed by atoms with van der Waals surface area (Å²) in [5.74, 6) is 3.76. The maximum atomic E-state index is 5.77. The van der Waals surface area contributed by atoms with Crippen LogP contribution in [0.4, 0.5) is 0 Å². The van der Waals surface area contributed by atoms with E-state index in [0.29, 0.717) is 6.04 Å². The van der Waals surface area contributed by atoms with Crippen molar-refractivity contribution >= 4 is 11.8 Å². The molecule has 3 rings (SSSR count). The van der Waals surface area contributed by atoms with Gasteiger partial charge in [-0.25, -0.2) is 0 Å². The molecule has 0 amide bonds. The van der Waals surface area contributed by atoms with Crippen LogP contribution in [0.3, 0.4) is 0 Å². The lowest BCUT2D eigenvalue weighted by atomic mass is 10.0. The fraction of sp³-hybridized carbons (Fsp3) is 0.647. The Morgan fingerprint density at radius 2 is 1.90 bits per heavy atom. The number of thioether (sulfide) groups is 1. The van der Waals surface area contributed by atoms with Gasteiger partial charge in [0.25, 0.3) is 0 Å². The van der Waals surface area contributed by atoms with Crippen LogP contribution in [0, 0.1) is 5.92 Å². The minimum atomic E-state index is 0.619. The van der Waals surface area contributed by atoms with Crippen LogP contribution >= 0.6 is 11.8 Å². The first-order chi connectivity index (χ1) is 10.4. The lowest BCUT2D eigenvalue weighted by Gasteiger charge is -2.22. The quantitative estimate of drug-likeness (QED) is 0.840. The van der Waals surface area contributed by atoms with E-state index in [4.69, 9.17) is 9.47 Å². The molecule has 0 radical (unpaired) electrons. The van der Waals surface area contributed by atoms with Crippen molar-refractivity contribution in [3.05, 3.63) is 18.2 Å². The number of ether oxygens (including phenoxy) is 2. The topological polar surface area (TPSA) is 30.5 Å². The van der Waals surface area contributed by atoms with Gasteiger partial charge in [0.15, 0.2) is 11.5 Å². The Morgan fingerprint density at radius 3 is 2.67 bits per heavy atom. The van der Waals surface area contributed by atoms with E-state index in [0.717, 1.165) is 42.8 Å². The van der Waals surface area contributed by atoms with Crippen LogP contribution in [-0.2, 0) is 0 Å². The van der Waals surface area contributed by atoms with Gasteiger partial charge in [0, 0.05) is 23.1 Å². The van der Waals surface area contributed by atoms with Crippen LogP contribution in [0.25, 0.3) is 0 Å². The van der Waals surface area contributed by atoms with Crippen molar-refractivity contribution in [1.82, 2.24) is 5.32 Å². The molecule has 1 N–H and O–H groups in total. The SMILES string of the molecule is CNC(CSc1ccc2c(c1)OCCCO2)C1CCCC1. The highest BCUT2D eigenvalue weighted by Crippen LogP contribution is 2.35. The third kappa shape index (κ3) is 3.86. The van der Waals surface area contributed by atoms with E-state index in [1.165, 1.54) is 30.6 Å². The summed E-state index contributed by atoms with van der Waals surface area (Å²) >= 11 is 1.92. The van der Waals surface area contributed by atoms with Crippen molar-refractivity contribution in [3.63, 3.8) is 0 Å². The van der Waals surface area contributed by atoms with Gasteiger partial charge in [-0.1, -0.05) is 12.8 Å². The minimum absolute atomic E-state index is 0.619. The summed E-state index contributed by atoms with van der Waals surface area (Å²) in [5, 5.41) is 3.51. The first-order valence-electron chi connectivity index (χ1n) is 8.06. The Labute approximate surface area is 131 Å². The summed E-state index contributed by atoms with van der Waals surface area (Å²) in [4.78, 5) is 1.28. The second kappa shape index (κ2) is 7.41. The van der Waals surface area contributed by atoms with Crippen molar-refractivity contribution in [2.45, 2.75) is 43.0 Å². The van der Waals surface area contributed by atoms with Gasteiger partial charge in [0.05, 0.1) is 13.2 Å². The molecular weight excluding hydrogens is 282 g/mol. The smallest absolute Gasteiger partial charge is 0.162 e. The monoisotopic (exact) mass is 307 g/mol. The number of nitrogens with one attached hydrogen (secondary N) is 1. The Morgan fingerprint density at radius 1 is 1.14 bits per heavy atom. The van der Waals surface area contributed by atoms with E-state index in [1.54, 1.807) is 0 Å². The molecule has 116 valence electrons. The maximum Gasteiger partial charge on any atom is 0.162 e. The Kier molecular flexibility index (Phi) is 5.31. The average molecular weight is 307 g/mol. The van der Waals surface area contributed by atoms with E-state index in [9.17, 15) is 0 Å². The van der Waals surface area contributed by atoms with Crippen molar-refractivity contribution in [2.24, 2.45) is 5.92 Å². The van der Waals surface area contributed by atoms with Gasteiger partial charge in [-0.05, 0) is 44.0 Å². The molecule has 1 aliphatic carbocycles. The molecular formula is C17H25NO2S. The molecule has 3 nitrogen and oxygen atoms in total. The summed E-state index contributed by atoms with van der Waals surface area (Å²) in [7, 11) is 2.09. The molecule has 0 aromatic heterocycles. The number of hydrogen-bond donors (Lipinski definition) is 1. The molecule has 1 unspecified atom stereocenters. The Bertz CT molecular complexity index is 460. The minimum Gasteiger partial charge on any atom is -0.490 e. The molecule has 0 bridgehead atoms. The molecule has 1 atom stereocenters. The zero-order chi connectivity index (χ0) is 14.5. The third-order valence-corrected chi connectivity index (χ3v) is 5.60. The summed E-state index contributed by atoms with van der Waals surface area (Å²) in [6.07, 6.45) is 6.52.